The van der Waals surface area contributed by atoms with Crippen LogP contribution in [0.15, 0.2) is 48.7 Å². The summed E-state index contributed by atoms with van der Waals surface area (Å²) in [7, 11) is 0. The van der Waals surface area contributed by atoms with Crippen LogP contribution in [0.3, 0.4) is 0 Å². The second-order valence-corrected chi connectivity index (χ2v) is 5.60. The highest BCUT2D eigenvalue weighted by molar-refractivity contribution is 6.30. The Bertz CT molecular complexity index is 935. The van der Waals surface area contributed by atoms with Gasteiger partial charge in [0.25, 0.3) is 5.91 Å². The first-order chi connectivity index (χ1) is 11.5. The van der Waals surface area contributed by atoms with Crippen LogP contribution < -0.4 is 5.90 Å². The number of nitrogens with two attached hydrogens (primary N) is 1. The van der Waals surface area contributed by atoms with Crippen LogP contribution in [0, 0.1) is 5.82 Å². The first-order valence-electron chi connectivity index (χ1n) is 6.99. The summed E-state index contributed by atoms with van der Waals surface area (Å²) in [5.74, 6) is 3.38. The molecule has 0 spiro atoms. The van der Waals surface area contributed by atoms with Crippen LogP contribution in [-0.2, 0) is 16.1 Å². The molecule has 0 amide bonds. The topological polar surface area (TPSA) is 74.3 Å². The summed E-state index contributed by atoms with van der Waals surface area (Å²) >= 11 is 5.83. The number of carbonyl (C=O) groups is 2. The molecule has 0 aliphatic carbocycles. The predicted molar refractivity (Wildman–Crippen MR) is 87.1 cm³/mol. The third-order valence-corrected chi connectivity index (χ3v) is 3.88. The Balaban J connectivity index is 2.12. The van der Waals surface area contributed by atoms with Gasteiger partial charge in [-0.25, -0.2) is 4.39 Å². The van der Waals surface area contributed by atoms with Crippen molar-refractivity contribution in [2.24, 2.45) is 5.90 Å². The average Bonchev–Trinajstić information content (AvgIpc) is 2.92. The zero-order valence-electron chi connectivity index (χ0n) is 12.3. The van der Waals surface area contributed by atoms with Gasteiger partial charge in [-0.3, -0.25) is 14.2 Å². The van der Waals surface area contributed by atoms with Crippen molar-refractivity contribution in [3.63, 3.8) is 0 Å². The number of carbonyl (C=O) groups excluding carboxylic acids is 2. The second-order valence-electron chi connectivity index (χ2n) is 5.16. The number of nitrogens with zero attached hydrogens (tertiary/aromatic N) is 1. The lowest BCUT2D eigenvalue weighted by molar-refractivity contribution is -0.143. The quantitative estimate of drug-likeness (QED) is 0.739. The Morgan fingerprint density at radius 1 is 1.17 bits per heavy atom. The molecule has 0 aliphatic rings. The summed E-state index contributed by atoms with van der Waals surface area (Å²) < 4.78 is 14.9. The van der Waals surface area contributed by atoms with Gasteiger partial charge in [0.15, 0.2) is 0 Å². The zero-order valence-corrected chi connectivity index (χ0v) is 13.1. The Kier molecular flexibility index (Phi) is 4.33. The van der Waals surface area contributed by atoms with Crippen molar-refractivity contribution in [3.8, 4) is 0 Å². The third kappa shape index (κ3) is 3.02. The van der Waals surface area contributed by atoms with Gasteiger partial charge in [-0.2, -0.15) is 5.90 Å². The average molecular weight is 347 g/mol. The van der Waals surface area contributed by atoms with E-state index >= 15 is 0 Å². The molecule has 0 bridgehead atoms. The number of aromatic nitrogens is 1. The predicted octanol–water partition coefficient (Wildman–Crippen LogP) is 3.08. The van der Waals surface area contributed by atoms with E-state index < -0.39 is 11.8 Å². The minimum Gasteiger partial charge on any atom is -0.373 e. The van der Waals surface area contributed by atoms with Crippen LogP contribution in [0.1, 0.15) is 15.9 Å². The van der Waals surface area contributed by atoms with E-state index in [0.29, 0.717) is 27.1 Å². The molecule has 1 heterocycles. The Labute approximate surface area is 141 Å². The summed E-state index contributed by atoms with van der Waals surface area (Å²) in [5.41, 5.74) is 1.34. The molecule has 7 heteroatoms. The Morgan fingerprint density at radius 3 is 2.54 bits per heavy atom. The molecule has 3 aromatic rings. The molecule has 0 saturated carbocycles. The highest BCUT2D eigenvalue weighted by Gasteiger charge is 2.18. The molecular weight excluding hydrogens is 335 g/mol. The van der Waals surface area contributed by atoms with Crippen molar-refractivity contribution in [3.05, 3.63) is 70.6 Å². The SMILES string of the molecule is NOC(=O)Cc1cn(C(=O)c2ccc(Cl)cc2)c2ccc(F)cc12. The van der Waals surface area contributed by atoms with Gasteiger partial charge in [0, 0.05) is 22.2 Å². The van der Waals surface area contributed by atoms with Gasteiger partial charge in [-0.05, 0) is 48.0 Å². The number of halogens is 2. The van der Waals surface area contributed by atoms with Crippen LogP contribution >= 0.6 is 11.6 Å². The van der Waals surface area contributed by atoms with E-state index in [2.05, 4.69) is 4.84 Å². The molecule has 0 atom stereocenters. The molecule has 3 rings (SSSR count). The van der Waals surface area contributed by atoms with Gasteiger partial charge in [-0.1, -0.05) is 11.6 Å². The van der Waals surface area contributed by atoms with Crippen molar-refractivity contribution in [2.75, 3.05) is 0 Å². The smallest absolute Gasteiger partial charge is 0.328 e. The maximum Gasteiger partial charge on any atom is 0.328 e. The maximum absolute atomic E-state index is 13.6. The maximum atomic E-state index is 13.6. The number of rotatable bonds is 3. The van der Waals surface area contributed by atoms with Gasteiger partial charge in [0.05, 0.1) is 11.9 Å². The van der Waals surface area contributed by atoms with Crippen molar-refractivity contribution < 1.29 is 18.8 Å². The molecule has 0 saturated heterocycles. The van der Waals surface area contributed by atoms with E-state index in [-0.39, 0.29) is 12.3 Å². The van der Waals surface area contributed by atoms with Gasteiger partial charge < -0.3 is 4.84 Å². The van der Waals surface area contributed by atoms with E-state index in [9.17, 15) is 14.0 Å². The summed E-state index contributed by atoms with van der Waals surface area (Å²) in [6, 6.07) is 10.4. The van der Waals surface area contributed by atoms with Gasteiger partial charge in [0.1, 0.15) is 5.82 Å². The highest BCUT2D eigenvalue weighted by atomic mass is 35.5. The Hall–Kier alpha value is -2.70. The van der Waals surface area contributed by atoms with E-state index in [1.165, 1.54) is 29.0 Å². The molecule has 122 valence electrons. The lowest BCUT2D eigenvalue weighted by Crippen LogP contribution is -2.13. The molecule has 0 fully saturated rings. The van der Waals surface area contributed by atoms with Gasteiger partial charge in [0.2, 0.25) is 0 Å². The Morgan fingerprint density at radius 2 is 1.88 bits per heavy atom. The molecule has 1 aromatic heterocycles. The second kappa shape index (κ2) is 6.43. The lowest BCUT2D eigenvalue weighted by atomic mass is 10.1. The first-order valence-corrected chi connectivity index (χ1v) is 7.36. The number of fused-ring (bicyclic) bond motifs is 1. The summed E-state index contributed by atoms with van der Waals surface area (Å²) in [4.78, 5) is 28.3. The highest BCUT2D eigenvalue weighted by Crippen LogP contribution is 2.24. The van der Waals surface area contributed by atoms with Crippen molar-refractivity contribution >= 4 is 34.4 Å². The van der Waals surface area contributed by atoms with Crippen LogP contribution in [0.2, 0.25) is 5.02 Å². The molecule has 5 nitrogen and oxygen atoms in total. The fraction of sp³-hybridized carbons (Fsp3) is 0.0588. The zero-order chi connectivity index (χ0) is 17.3. The van der Waals surface area contributed by atoms with Gasteiger partial charge >= 0.3 is 5.97 Å². The van der Waals surface area contributed by atoms with Crippen molar-refractivity contribution in [1.29, 1.82) is 0 Å². The van der Waals surface area contributed by atoms with E-state index in [1.54, 1.807) is 24.3 Å². The summed E-state index contributed by atoms with van der Waals surface area (Å²) in [6.07, 6.45) is 1.31. The molecule has 24 heavy (non-hydrogen) atoms. The molecular formula is C17H12ClFN2O3. The summed E-state index contributed by atoms with van der Waals surface area (Å²) in [5, 5.41) is 0.958. The summed E-state index contributed by atoms with van der Waals surface area (Å²) in [6.45, 7) is 0. The minimum absolute atomic E-state index is 0.169. The fourth-order valence-corrected chi connectivity index (χ4v) is 2.63. The minimum atomic E-state index is -0.683. The third-order valence-electron chi connectivity index (χ3n) is 3.63. The first kappa shape index (κ1) is 16.2. The fourth-order valence-electron chi connectivity index (χ4n) is 2.51. The van der Waals surface area contributed by atoms with E-state index in [1.807, 2.05) is 0 Å². The van der Waals surface area contributed by atoms with Crippen molar-refractivity contribution in [1.82, 2.24) is 4.57 Å². The lowest BCUT2D eigenvalue weighted by Gasteiger charge is -2.04. The molecule has 0 aliphatic heterocycles. The molecule has 0 unspecified atom stereocenters. The number of hydrogen-bond donors (Lipinski definition) is 1. The monoisotopic (exact) mass is 346 g/mol. The largest absolute Gasteiger partial charge is 0.373 e. The normalized spacial score (nSPS) is 10.8. The standard InChI is InChI=1S/C17H12ClFN2O3/c18-12-3-1-10(2-4-12)17(23)21-9-11(7-16(22)24-20)14-8-13(19)5-6-15(14)21/h1-6,8-9H,7,20H2. The van der Waals surface area contributed by atoms with E-state index in [4.69, 9.17) is 17.5 Å². The number of benzene rings is 2. The van der Waals surface area contributed by atoms with Crippen LogP contribution in [0.25, 0.3) is 10.9 Å². The van der Waals surface area contributed by atoms with E-state index in [0.717, 1.165) is 0 Å². The number of hydrogen-bond acceptors (Lipinski definition) is 4. The molecule has 2 aromatic carbocycles. The van der Waals surface area contributed by atoms with Crippen LogP contribution in [0.5, 0.6) is 0 Å². The van der Waals surface area contributed by atoms with Crippen molar-refractivity contribution in [2.45, 2.75) is 6.42 Å². The molecule has 2 N–H and O–H groups in total. The van der Waals surface area contributed by atoms with Crippen LogP contribution in [0.4, 0.5) is 4.39 Å². The van der Waals surface area contributed by atoms with Crippen LogP contribution in [-0.4, -0.2) is 16.4 Å². The van der Waals surface area contributed by atoms with Gasteiger partial charge in [-0.15, -0.1) is 0 Å². The molecule has 0 radical (unpaired) electrons.